The first-order valence-electron chi connectivity index (χ1n) is 6.74. The van der Waals surface area contributed by atoms with Gasteiger partial charge in [0.25, 0.3) is 11.8 Å². The number of benzene rings is 2. The van der Waals surface area contributed by atoms with Gasteiger partial charge in [0.15, 0.2) is 0 Å². The average molecular weight is 372 g/mol. The van der Waals surface area contributed by atoms with Gasteiger partial charge in [-0.3, -0.25) is 9.59 Å². The second-order valence-electron chi connectivity index (χ2n) is 4.65. The maximum atomic E-state index is 11.9. The third-order valence-electron chi connectivity index (χ3n) is 2.96. The first-order valence-corrected chi connectivity index (χ1v) is 7.88. The molecule has 0 unspecified atom stereocenters. The van der Waals surface area contributed by atoms with E-state index in [0.717, 1.165) is 0 Å². The summed E-state index contributed by atoms with van der Waals surface area (Å²) in [4.78, 5) is 23.8. The SMILES string of the molecule is O=C(NCCNC(=O)c1ccc(Cl)c(Cl)c1)c1cccc(Cl)c1. The van der Waals surface area contributed by atoms with Crippen molar-refractivity contribution in [3.8, 4) is 0 Å². The van der Waals surface area contributed by atoms with Gasteiger partial charge in [0.2, 0.25) is 0 Å². The molecule has 0 aliphatic carbocycles. The van der Waals surface area contributed by atoms with Gasteiger partial charge in [0.05, 0.1) is 10.0 Å². The predicted octanol–water partition coefficient (Wildman–Crippen LogP) is 3.81. The summed E-state index contributed by atoms with van der Waals surface area (Å²) in [5.41, 5.74) is 0.869. The van der Waals surface area contributed by atoms with Crippen molar-refractivity contribution >= 4 is 46.6 Å². The summed E-state index contributed by atoms with van der Waals surface area (Å²) in [6.45, 7) is 0.573. The molecule has 0 fully saturated rings. The Kier molecular flexibility index (Phi) is 6.28. The van der Waals surface area contributed by atoms with Gasteiger partial charge < -0.3 is 10.6 Å². The van der Waals surface area contributed by atoms with Gasteiger partial charge in [-0.05, 0) is 36.4 Å². The van der Waals surface area contributed by atoms with E-state index in [1.807, 2.05) is 0 Å². The highest BCUT2D eigenvalue weighted by molar-refractivity contribution is 6.42. The van der Waals surface area contributed by atoms with Crippen LogP contribution in [0.25, 0.3) is 0 Å². The fraction of sp³-hybridized carbons (Fsp3) is 0.125. The highest BCUT2D eigenvalue weighted by atomic mass is 35.5. The maximum absolute atomic E-state index is 11.9. The van der Waals surface area contributed by atoms with Crippen molar-refractivity contribution in [2.75, 3.05) is 13.1 Å². The Morgan fingerprint density at radius 2 is 1.39 bits per heavy atom. The van der Waals surface area contributed by atoms with E-state index in [9.17, 15) is 9.59 Å². The number of amides is 2. The van der Waals surface area contributed by atoms with Gasteiger partial charge in [-0.25, -0.2) is 0 Å². The Balaban J connectivity index is 1.79. The van der Waals surface area contributed by atoms with E-state index in [2.05, 4.69) is 10.6 Å². The molecule has 0 heterocycles. The molecule has 2 aromatic carbocycles. The van der Waals surface area contributed by atoms with Gasteiger partial charge in [-0.2, -0.15) is 0 Å². The lowest BCUT2D eigenvalue weighted by atomic mass is 10.2. The van der Waals surface area contributed by atoms with E-state index >= 15 is 0 Å². The number of hydrogen-bond donors (Lipinski definition) is 2. The Labute approximate surface area is 148 Å². The van der Waals surface area contributed by atoms with Crippen LogP contribution in [0.3, 0.4) is 0 Å². The maximum Gasteiger partial charge on any atom is 0.251 e. The monoisotopic (exact) mass is 370 g/mol. The molecule has 0 radical (unpaired) electrons. The summed E-state index contributed by atoms with van der Waals surface area (Å²) in [5, 5.41) is 6.57. The molecule has 0 aliphatic rings. The van der Waals surface area contributed by atoms with Crippen LogP contribution in [0.1, 0.15) is 20.7 Å². The van der Waals surface area contributed by atoms with Crippen LogP contribution in [0.5, 0.6) is 0 Å². The molecule has 0 aliphatic heterocycles. The van der Waals surface area contributed by atoms with Crippen LogP contribution in [0, 0.1) is 0 Å². The zero-order valence-electron chi connectivity index (χ0n) is 11.9. The average Bonchev–Trinajstić information content (AvgIpc) is 2.53. The summed E-state index contributed by atoms with van der Waals surface area (Å²) < 4.78 is 0. The topological polar surface area (TPSA) is 58.2 Å². The molecule has 2 aromatic rings. The zero-order valence-corrected chi connectivity index (χ0v) is 14.2. The summed E-state index contributed by atoms with van der Waals surface area (Å²) >= 11 is 17.5. The number of carbonyl (C=O) groups is 2. The second kappa shape index (κ2) is 8.20. The van der Waals surface area contributed by atoms with Crippen LogP contribution in [0.15, 0.2) is 42.5 Å². The number of rotatable bonds is 5. The standard InChI is InChI=1S/C16H13Cl3N2O2/c17-12-3-1-2-10(8-12)15(22)20-6-7-21-16(23)11-4-5-13(18)14(19)9-11/h1-5,8-9H,6-7H2,(H,20,22)(H,21,23). The minimum absolute atomic E-state index is 0.253. The second-order valence-corrected chi connectivity index (χ2v) is 5.90. The largest absolute Gasteiger partial charge is 0.350 e. The van der Waals surface area contributed by atoms with Crippen molar-refractivity contribution in [1.29, 1.82) is 0 Å². The number of nitrogens with one attached hydrogen (secondary N) is 2. The van der Waals surface area contributed by atoms with Crippen LogP contribution in [0.4, 0.5) is 0 Å². The van der Waals surface area contributed by atoms with Crippen LogP contribution >= 0.6 is 34.8 Å². The Bertz CT molecular complexity index is 735. The normalized spacial score (nSPS) is 10.2. The van der Waals surface area contributed by atoms with E-state index in [1.165, 1.54) is 6.07 Å². The van der Waals surface area contributed by atoms with Crippen molar-refractivity contribution < 1.29 is 9.59 Å². The molecule has 2 amide bonds. The van der Waals surface area contributed by atoms with Crippen molar-refractivity contribution in [1.82, 2.24) is 10.6 Å². The highest BCUT2D eigenvalue weighted by Gasteiger charge is 2.08. The van der Waals surface area contributed by atoms with Crippen LogP contribution < -0.4 is 10.6 Å². The van der Waals surface area contributed by atoms with E-state index in [0.29, 0.717) is 32.7 Å². The predicted molar refractivity (Wildman–Crippen MR) is 92.6 cm³/mol. The number of halogens is 3. The third kappa shape index (κ3) is 5.13. The van der Waals surface area contributed by atoms with E-state index in [-0.39, 0.29) is 18.4 Å². The minimum Gasteiger partial charge on any atom is -0.350 e. The lowest BCUT2D eigenvalue weighted by Gasteiger charge is -2.08. The molecule has 2 N–H and O–H groups in total. The molecule has 7 heteroatoms. The molecule has 0 atom stereocenters. The van der Waals surface area contributed by atoms with Crippen molar-refractivity contribution in [3.05, 3.63) is 68.7 Å². The van der Waals surface area contributed by atoms with Gasteiger partial charge in [0.1, 0.15) is 0 Å². The van der Waals surface area contributed by atoms with Crippen LogP contribution in [-0.4, -0.2) is 24.9 Å². The van der Waals surface area contributed by atoms with Gasteiger partial charge in [-0.15, -0.1) is 0 Å². The molecule has 0 aromatic heterocycles. The van der Waals surface area contributed by atoms with Crippen molar-refractivity contribution in [2.24, 2.45) is 0 Å². The Morgan fingerprint density at radius 1 is 0.783 bits per heavy atom. The number of hydrogen-bond acceptors (Lipinski definition) is 2. The molecule has 0 saturated carbocycles. The van der Waals surface area contributed by atoms with E-state index in [4.69, 9.17) is 34.8 Å². The fourth-order valence-corrected chi connectivity index (χ4v) is 2.31. The Morgan fingerprint density at radius 3 is 1.96 bits per heavy atom. The lowest BCUT2D eigenvalue weighted by Crippen LogP contribution is -2.34. The summed E-state index contributed by atoms with van der Waals surface area (Å²) in [6.07, 6.45) is 0. The van der Waals surface area contributed by atoms with E-state index in [1.54, 1.807) is 36.4 Å². The van der Waals surface area contributed by atoms with Crippen LogP contribution in [-0.2, 0) is 0 Å². The van der Waals surface area contributed by atoms with Crippen molar-refractivity contribution in [3.63, 3.8) is 0 Å². The Hall–Kier alpha value is -1.75. The molecule has 2 rings (SSSR count). The van der Waals surface area contributed by atoms with Gasteiger partial charge >= 0.3 is 0 Å². The summed E-state index contributed by atoms with van der Waals surface area (Å²) in [7, 11) is 0. The molecule has 23 heavy (non-hydrogen) atoms. The molecule has 4 nitrogen and oxygen atoms in total. The zero-order chi connectivity index (χ0) is 16.8. The molecular weight excluding hydrogens is 359 g/mol. The molecule has 0 saturated heterocycles. The molecule has 0 bridgehead atoms. The number of carbonyl (C=O) groups excluding carboxylic acids is 2. The highest BCUT2D eigenvalue weighted by Crippen LogP contribution is 2.22. The van der Waals surface area contributed by atoms with Gasteiger partial charge in [-0.1, -0.05) is 40.9 Å². The first-order chi connectivity index (χ1) is 11.0. The smallest absolute Gasteiger partial charge is 0.251 e. The first kappa shape index (κ1) is 17.6. The lowest BCUT2D eigenvalue weighted by molar-refractivity contribution is 0.0927. The van der Waals surface area contributed by atoms with Crippen LogP contribution in [0.2, 0.25) is 15.1 Å². The molecule has 120 valence electrons. The van der Waals surface area contributed by atoms with Gasteiger partial charge in [0, 0.05) is 29.2 Å². The van der Waals surface area contributed by atoms with Crippen molar-refractivity contribution in [2.45, 2.75) is 0 Å². The summed E-state index contributed by atoms with van der Waals surface area (Å²) in [6, 6.07) is 11.2. The van der Waals surface area contributed by atoms with E-state index < -0.39 is 0 Å². The fourth-order valence-electron chi connectivity index (χ4n) is 1.82. The summed E-state index contributed by atoms with van der Waals surface area (Å²) in [5.74, 6) is -0.545. The third-order valence-corrected chi connectivity index (χ3v) is 3.94. The minimum atomic E-state index is -0.291. The molecular formula is C16H13Cl3N2O2. The quantitative estimate of drug-likeness (QED) is 0.785. The molecule has 0 spiro atoms.